The number of nitrogens with two attached hydrogens (primary N) is 1. The normalized spacial score (nSPS) is 12.8. The highest BCUT2D eigenvalue weighted by Gasteiger charge is 2.16. The highest BCUT2D eigenvalue weighted by atomic mass is 32.2. The lowest BCUT2D eigenvalue weighted by Crippen LogP contribution is -2.24. The molecule has 6 nitrogen and oxygen atoms in total. The second kappa shape index (κ2) is 7.42. The highest BCUT2D eigenvalue weighted by Crippen LogP contribution is 2.23. The van der Waals surface area contributed by atoms with Crippen molar-refractivity contribution in [3.8, 4) is 5.75 Å². The Morgan fingerprint density at radius 2 is 2.10 bits per heavy atom. The number of amides is 1. The molecule has 118 valence electrons. The van der Waals surface area contributed by atoms with Gasteiger partial charge in [0.2, 0.25) is 15.9 Å². The molecule has 1 amide bonds. The molecule has 0 saturated carbocycles. The first-order chi connectivity index (χ1) is 9.77. The van der Waals surface area contributed by atoms with Crippen LogP contribution in [-0.4, -0.2) is 21.4 Å². The molecule has 21 heavy (non-hydrogen) atoms. The smallest absolute Gasteiger partial charge is 0.241 e. The molecule has 0 heterocycles. The Labute approximate surface area is 125 Å². The zero-order chi connectivity index (χ0) is 16.0. The van der Waals surface area contributed by atoms with Crippen LogP contribution in [0.2, 0.25) is 0 Å². The van der Waals surface area contributed by atoms with Crippen molar-refractivity contribution in [2.24, 2.45) is 11.1 Å². The number of carbonyl (C=O) groups is 1. The minimum absolute atomic E-state index is 0.0580. The van der Waals surface area contributed by atoms with Crippen molar-refractivity contribution in [3.63, 3.8) is 0 Å². The summed E-state index contributed by atoms with van der Waals surface area (Å²) < 4.78 is 28.0. The van der Waals surface area contributed by atoms with Crippen LogP contribution >= 0.6 is 0 Å². The van der Waals surface area contributed by atoms with E-state index in [0.717, 1.165) is 6.42 Å². The fourth-order valence-electron chi connectivity index (χ4n) is 1.79. The Hall–Kier alpha value is -1.60. The number of rotatable bonds is 7. The predicted molar refractivity (Wildman–Crippen MR) is 80.3 cm³/mol. The number of sulfonamides is 1. The predicted octanol–water partition coefficient (Wildman–Crippen LogP) is 1.40. The molecule has 0 aliphatic carbocycles. The summed E-state index contributed by atoms with van der Waals surface area (Å²) in [6.45, 7) is 4.29. The Morgan fingerprint density at radius 3 is 2.62 bits per heavy atom. The van der Waals surface area contributed by atoms with Crippen molar-refractivity contribution in [1.82, 2.24) is 5.32 Å². The molecule has 0 saturated heterocycles. The zero-order valence-electron chi connectivity index (χ0n) is 12.5. The van der Waals surface area contributed by atoms with E-state index in [1.807, 2.05) is 13.8 Å². The maximum absolute atomic E-state index is 11.7. The van der Waals surface area contributed by atoms with Crippen LogP contribution in [0.15, 0.2) is 23.1 Å². The maximum Gasteiger partial charge on any atom is 0.241 e. The van der Waals surface area contributed by atoms with Crippen LogP contribution in [0.4, 0.5) is 0 Å². The van der Waals surface area contributed by atoms with Crippen molar-refractivity contribution in [3.05, 3.63) is 23.8 Å². The highest BCUT2D eigenvalue weighted by molar-refractivity contribution is 7.89. The molecular formula is C14H22N2O4S. The van der Waals surface area contributed by atoms with Crippen molar-refractivity contribution in [2.75, 3.05) is 7.11 Å². The van der Waals surface area contributed by atoms with Crippen molar-refractivity contribution in [1.29, 1.82) is 0 Å². The summed E-state index contributed by atoms with van der Waals surface area (Å²) in [4.78, 5) is 11.6. The van der Waals surface area contributed by atoms with E-state index in [1.54, 1.807) is 6.07 Å². The first kappa shape index (κ1) is 17.5. The van der Waals surface area contributed by atoms with Crippen LogP contribution in [-0.2, 0) is 21.4 Å². The number of nitrogens with one attached hydrogen (secondary N) is 1. The Bertz CT molecular complexity index is 599. The lowest BCUT2D eigenvalue weighted by atomic mass is 10.1. The van der Waals surface area contributed by atoms with E-state index in [-0.39, 0.29) is 23.1 Å². The molecule has 0 aliphatic heterocycles. The van der Waals surface area contributed by atoms with Gasteiger partial charge in [-0.2, -0.15) is 0 Å². The van der Waals surface area contributed by atoms with Gasteiger partial charge in [-0.1, -0.05) is 26.3 Å². The number of carbonyl (C=O) groups excluding carboxylic acids is 1. The van der Waals surface area contributed by atoms with Crippen LogP contribution < -0.4 is 15.2 Å². The standard InChI is InChI=1S/C14H22N2O4S/c1-4-10(2)7-14(17)16-9-11-5-6-12(20-3)13(8-11)21(15,18)19/h5-6,8,10H,4,7,9H2,1-3H3,(H,16,17)(H2,15,18,19). The van der Waals surface area contributed by atoms with Crippen molar-refractivity contribution in [2.45, 2.75) is 38.1 Å². The molecule has 0 aromatic heterocycles. The molecule has 1 rings (SSSR count). The van der Waals surface area contributed by atoms with Gasteiger partial charge in [-0.05, 0) is 23.6 Å². The average molecular weight is 314 g/mol. The van der Waals surface area contributed by atoms with Gasteiger partial charge < -0.3 is 10.1 Å². The van der Waals surface area contributed by atoms with E-state index >= 15 is 0 Å². The first-order valence-electron chi connectivity index (χ1n) is 6.74. The first-order valence-corrected chi connectivity index (χ1v) is 8.29. The minimum atomic E-state index is -3.87. The van der Waals surface area contributed by atoms with Crippen LogP contribution in [0, 0.1) is 5.92 Å². The number of primary sulfonamides is 1. The lowest BCUT2D eigenvalue weighted by Gasteiger charge is -2.11. The largest absolute Gasteiger partial charge is 0.495 e. The molecule has 0 bridgehead atoms. The quantitative estimate of drug-likeness (QED) is 0.794. The van der Waals surface area contributed by atoms with Crippen molar-refractivity contribution >= 4 is 15.9 Å². The molecule has 1 atom stereocenters. The monoisotopic (exact) mass is 314 g/mol. The SMILES string of the molecule is CCC(C)CC(=O)NCc1ccc(OC)c(S(N)(=O)=O)c1. The summed E-state index contributed by atoms with van der Waals surface area (Å²) in [5.41, 5.74) is 0.650. The summed E-state index contributed by atoms with van der Waals surface area (Å²) >= 11 is 0. The van der Waals surface area contributed by atoms with E-state index in [2.05, 4.69) is 5.32 Å². The van der Waals surface area contributed by atoms with Gasteiger partial charge in [0.05, 0.1) is 7.11 Å². The zero-order valence-corrected chi connectivity index (χ0v) is 13.4. The summed E-state index contributed by atoms with van der Waals surface area (Å²) in [6.07, 6.45) is 1.39. The van der Waals surface area contributed by atoms with Crippen LogP contribution in [0.1, 0.15) is 32.3 Å². The third kappa shape index (κ3) is 5.35. The Morgan fingerprint density at radius 1 is 1.43 bits per heavy atom. The number of hydrogen-bond acceptors (Lipinski definition) is 4. The topological polar surface area (TPSA) is 98.5 Å². The number of hydrogen-bond donors (Lipinski definition) is 2. The van der Waals surface area contributed by atoms with Gasteiger partial charge >= 0.3 is 0 Å². The van der Waals surface area contributed by atoms with Gasteiger partial charge in [-0.3, -0.25) is 4.79 Å². The number of methoxy groups -OCH3 is 1. The molecule has 0 radical (unpaired) electrons. The Balaban J connectivity index is 2.80. The maximum atomic E-state index is 11.7. The number of benzene rings is 1. The van der Waals surface area contributed by atoms with E-state index in [1.165, 1.54) is 19.2 Å². The average Bonchev–Trinajstić information content (AvgIpc) is 2.43. The van der Waals surface area contributed by atoms with Gasteiger partial charge in [0, 0.05) is 13.0 Å². The van der Waals surface area contributed by atoms with Gasteiger partial charge in [-0.25, -0.2) is 13.6 Å². The van der Waals surface area contributed by atoms with E-state index < -0.39 is 10.0 Å². The van der Waals surface area contributed by atoms with Gasteiger partial charge in [0.25, 0.3) is 0 Å². The van der Waals surface area contributed by atoms with E-state index in [0.29, 0.717) is 17.9 Å². The summed E-state index contributed by atoms with van der Waals surface area (Å²) in [6, 6.07) is 4.63. The molecule has 0 spiro atoms. The van der Waals surface area contributed by atoms with Crippen molar-refractivity contribution < 1.29 is 17.9 Å². The van der Waals surface area contributed by atoms with Gasteiger partial charge in [-0.15, -0.1) is 0 Å². The molecule has 1 aromatic carbocycles. The summed E-state index contributed by atoms with van der Waals surface area (Å²) in [7, 11) is -2.49. The molecule has 0 fully saturated rings. The van der Waals surface area contributed by atoms with Gasteiger partial charge in [0.1, 0.15) is 10.6 Å². The third-order valence-corrected chi connectivity index (χ3v) is 4.19. The van der Waals surface area contributed by atoms with E-state index in [9.17, 15) is 13.2 Å². The summed E-state index contributed by atoms with van der Waals surface area (Å²) in [5.74, 6) is 0.449. The van der Waals surface area contributed by atoms with Gasteiger partial charge in [0.15, 0.2) is 0 Å². The molecule has 1 unspecified atom stereocenters. The lowest BCUT2D eigenvalue weighted by molar-refractivity contribution is -0.122. The third-order valence-electron chi connectivity index (χ3n) is 3.26. The molecule has 7 heteroatoms. The van der Waals surface area contributed by atoms with E-state index in [4.69, 9.17) is 9.88 Å². The second-order valence-electron chi connectivity index (χ2n) is 5.02. The van der Waals surface area contributed by atoms with Crippen LogP contribution in [0.5, 0.6) is 5.75 Å². The molecular weight excluding hydrogens is 292 g/mol. The second-order valence-corrected chi connectivity index (χ2v) is 6.55. The molecule has 3 N–H and O–H groups in total. The molecule has 1 aromatic rings. The Kier molecular flexibility index (Phi) is 6.17. The fraction of sp³-hybridized carbons (Fsp3) is 0.500. The molecule has 0 aliphatic rings. The van der Waals surface area contributed by atoms with Crippen LogP contribution in [0.25, 0.3) is 0 Å². The summed E-state index contributed by atoms with van der Waals surface area (Å²) in [5, 5.41) is 7.91. The minimum Gasteiger partial charge on any atom is -0.495 e. The van der Waals surface area contributed by atoms with Crippen LogP contribution in [0.3, 0.4) is 0 Å². The number of ether oxygens (including phenoxy) is 1. The fourth-order valence-corrected chi connectivity index (χ4v) is 2.53.